The monoisotopic (exact) mass is 421 g/mol. The van der Waals surface area contributed by atoms with Gasteiger partial charge in [0.15, 0.2) is 0 Å². The summed E-state index contributed by atoms with van der Waals surface area (Å²) in [6.45, 7) is 6.18. The average molecular weight is 422 g/mol. The Bertz CT molecular complexity index is 736. The summed E-state index contributed by atoms with van der Waals surface area (Å²) in [6.07, 6.45) is 4.11. The quantitative estimate of drug-likeness (QED) is 0.175. The maximum absolute atomic E-state index is 8.94. The number of anilines is 1. The van der Waals surface area contributed by atoms with Crippen LogP contribution in [0.4, 0.5) is 5.69 Å². The van der Waals surface area contributed by atoms with Crippen LogP contribution in [-0.4, -0.2) is 13.5 Å². The van der Waals surface area contributed by atoms with E-state index in [9.17, 15) is 0 Å². The van der Waals surface area contributed by atoms with Crippen molar-refractivity contribution < 1.29 is 4.79 Å². The molecule has 1 fully saturated rings. The highest BCUT2D eigenvalue weighted by molar-refractivity contribution is 7.98. The van der Waals surface area contributed by atoms with E-state index in [1.54, 1.807) is 5.43 Å². The number of benzene rings is 2. The Balaban J connectivity index is 0.000000583. The maximum Gasteiger partial charge on any atom is 0.221 e. The molecule has 6 heteroatoms. The summed E-state index contributed by atoms with van der Waals surface area (Å²) in [7, 11) is 2.00. The molecule has 0 aliphatic heterocycles. The van der Waals surface area contributed by atoms with E-state index >= 15 is 0 Å². The second-order valence-electron chi connectivity index (χ2n) is 6.09. The predicted molar refractivity (Wildman–Crippen MR) is 123 cm³/mol. The zero-order valence-electron chi connectivity index (χ0n) is 17.2. The first-order chi connectivity index (χ1) is 13.6. The number of halogens is 1. The Kier molecular flexibility index (Phi) is 11.7. The predicted octanol–water partition coefficient (Wildman–Crippen LogP) is 5.75. The van der Waals surface area contributed by atoms with Gasteiger partial charge in [0.2, 0.25) is 6.41 Å². The molecular formula is C22H32ClN3OS. The second-order valence-corrected chi connectivity index (χ2v) is 7.51. The average Bonchev–Trinajstić information content (AvgIpc) is 3.60. The van der Waals surface area contributed by atoms with Crippen LogP contribution >= 0.6 is 23.4 Å². The Hall–Kier alpha value is -1.69. The zero-order chi connectivity index (χ0) is 20.9. The molecule has 0 radical (unpaired) electrons. The molecule has 0 atom stereocenters. The standard InChI is InChI=1S/C19H22ClNS.C2H6.CH4N2O/c1-3-13-7-10-17(20)19(11-13)22-12-16-15(14-8-9-14)5-4-6-18(16)21-2;1-2;2-3-1-4/h4-7,10-11,14,21H,3,8-9,12H2,1-2H3;1-2H3;1H,2H2,(H,3,4). The van der Waals surface area contributed by atoms with Crippen LogP contribution in [0, 0.1) is 0 Å². The molecule has 28 heavy (non-hydrogen) atoms. The van der Waals surface area contributed by atoms with Gasteiger partial charge in [0.1, 0.15) is 0 Å². The smallest absolute Gasteiger partial charge is 0.221 e. The Morgan fingerprint density at radius 2 is 1.93 bits per heavy atom. The molecule has 1 aliphatic rings. The van der Waals surface area contributed by atoms with Gasteiger partial charge < -0.3 is 5.32 Å². The van der Waals surface area contributed by atoms with Gasteiger partial charge >= 0.3 is 0 Å². The van der Waals surface area contributed by atoms with Crippen molar-refractivity contribution in [2.45, 2.75) is 56.6 Å². The van der Waals surface area contributed by atoms with Crippen LogP contribution in [0.3, 0.4) is 0 Å². The summed E-state index contributed by atoms with van der Waals surface area (Å²) in [4.78, 5) is 10.1. The first-order valence-electron chi connectivity index (χ1n) is 9.75. The van der Waals surface area contributed by atoms with Crippen LogP contribution in [0.25, 0.3) is 0 Å². The lowest BCUT2D eigenvalue weighted by molar-refractivity contribution is -0.109. The molecule has 1 aliphatic carbocycles. The molecule has 0 unspecified atom stereocenters. The molecule has 2 aromatic rings. The van der Waals surface area contributed by atoms with Crippen LogP contribution in [0.5, 0.6) is 0 Å². The minimum atomic E-state index is 0.403. The fourth-order valence-electron chi connectivity index (χ4n) is 2.81. The topological polar surface area (TPSA) is 67.2 Å². The first-order valence-corrected chi connectivity index (χ1v) is 11.1. The van der Waals surface area contributed by atoms with Crippen molar-refractivity contribution in [2.75, 3.05) is 12.4 Å². The number of amides is 1. The van der Waals surface area contributed by atoms with E-state index in [-0.39, 0.29) is 0 Å². The molecule has 0 saturated heterocycles. The number of hydrogen-bond acceptors (Lipinski definition) is 4. The molecular weight excluding hydrogens is 390 g/mol. The number of nitrogens with one attached hydrogen (secondary N) is 2. The number of hydrogen-bond donors (Lipinski definition) is 3. The van der Waals surface area contributed by atoms with Gasteiger partial charge in [-0.1, -0.05) is 50.6 Å². The summed E-state index contributed by atoms with van der Waals surface area (Å²) in [5.41, 5.74) is 7.30. The third kappa shape index (κ3) is 7.38. The van der Waals surface area contributed by atoms with Gasteiger partial charge in [-0.25, -0.2) is 5.84 Å². The number of rotatable bonds is 7. The molecule has 1 saturated carbocycles. The third-order valence-corrected chi connectivity index (χ3v) is 5.87. The van der Waals surface area contributed by atoms with Gasteiger partial charge in [-0.15, -0.1) is 11.8 Å². The molecule has 154 valence electrons. The number of thioether (sulfide) groups is 1. The third-order valence-electron chi connectivity index (χ3n) is 4.34. The minimum absolute atomic E-state index is 0.403. The van der Waals surface area contributed by atoms with Crippen molar-refractivity contribution in [1.29, 1.82) is 0 Å². The normalized spacial score (nSPS) is 12.1. The van der Waals surface area contributed by atoms with Crippen molar-refractivity contribution in [3.05, 3.63) is 58.1 Å². The molecule has 2 aromatic carbocycles. The molecule has 3 rings (SSSR count). The van der Waals surface area contributed by atoms with Gasteiger partial charge in [-0.05, 0) is 60.1 Å². The Labute approximate surface area is 178 Å². The second kappa shape index (κ2) is 13.5. The summed E-state index contributed by atoms with van der Waals surface area (Å²) in [6, 6.07) is 13.0. The van der Waals surface area contributed by atoms with Gasteiger partial charge in [0.25, 0.3) is 0 Å². The molecule has 1 amide bonds. The number of hydrazine groups is 1. The maximum atomic E-state index is 8.94. The van der Waals surface area contributed by atoms with Crippen LogP contribution < -0.4 is 16.6 Å². The molecule has 0 aromatic heterocycles. The van der Waals surface area contributed by atoms with Crippen molar-refractivity contribution in [1.82, 2.24) is 5.43 Å². The van der Waals surface area contributed by atoms with Gasteiger partial charge in [-0.2, -0.15) is 0 Å². The van der Waals surface area contributed by atoms with Crippen LogP contribution in [-0.2, 0) is 17.0 Å². The van der Waals surface area contributed by atoms with E-state index in [1.807, 2.05) is 38.7 Å². The number of carbonyl (C=O) groups excluding carboxylic acids is 1. The van der Waals surface area contributed by atoms with E-state index in [0.717, 1.165) is 23.1 Å². The molecule has 0 heterocycles. The van der Waals surface area contributed by atoms with E-state index in [0.29, 0.717) is 6.41 Å². The highest BCUT2D eigenvalue weighted by Gasteiger charge is 2.26. The summed E-state index contributed by atoms with van der Waals surface area (Å²) in [5.74, 6) is 6.14. The summed E-state index contributed by atoms with van der Waals surface area (Å²) >= 11 is 8.22. The number of nitrogens with two attached hydrogens (primary N) is 1. The van der Waals surface area contributed by atoms with Gasteiger partial charge in [0.05, 0.1) is 5.02 Å². The number of aryl methyl sites for hydroxylation is 1. The molecule has 4 N–H and O–H groups in total. The molecule has 0 spiro atoms. The molecule has 0 bridgehead atoms. The summed E-state index contributed by atoms with van der Waals surface area (Å²) < 4.78 is 0. The van der Waals surface area contributed by atoms with E-state index in [2.05, 4.69) is 48.4 Å². The fraction of sp³-hybridized carbons (Fsp3) is 0.409. The Morgan fingerprint density at radius 1 is 1.25 bits per heavy atom. The van der Waals surface area contributed by atoms with Crippen molar-refractivity contribution in [3.8, 4) is 0 Å². The van der Waals surface area contributed by atoms with Crippen LogP contribution in [0.2, 0.25) is 5.02 Å². The van der Waals surface area contributed by atoms with E-state index < -0.39 is 0 Å². The fourth-order valence-corrected chi connectivity index (χ4v) is 4.15. The van der Waals surface area contributed by atoms with Gasteiger partial charge in [0, 0.05) is 23.4 Å². The zero-order valence-corrected chi connectivity index (χ0v) is 18.8. The van der Waals surface area contributed by atoms with Crippen molar-refractivity contribution in [3.63, 3.8) is 0 Å². The highest BCUT2D eigenvalue weighted by atomic mass is 35.5. The Morgan fingerprint density at radius 3 is 2.46 bits per heavy atom. The lowest BCUT2D eigenvalue weighted by Crippen LogP contribution is -2.18. The highest BCUT2D eigenvalue weighted by Crippen LogP contribution is 2.45. The summed E-state index contributed by atoms with van der Waals surface area (Å²) in [5, 5.41) is 4.20. The van der Waals surface area contributed by atoms with E-state index in [4.69, 9.17) is 16.4 Å². The lowest BCUT2D eigenvalue weighted by atomic mass is 10.0. The molecule has 4 nitrogen and oxygen atoms in total. The first kappa shape index (κ1) is 24.3. The largest absolute Gasteiger partial charge is 0.388 e. The number of carbonyl (C=O) groups is 1. The van der Waals surface area contributed by atoms with Crippen LogP contribution in [0.15, 0.2) is 41.3 Å². The lowest BCUT2D eigenvalue weighted by Gasteiger charge is -2.15. The SMILES string of the molecule is CC.CCc1ccc(Cl)c(SCc2c(NC)cccc2C2CC2)c1.NNC=O. The minimum Gasteiger partial charge on any atom is -0.388 e. The van der Waals surface area contributed by atoms with Crippen LogP contribution in [0.1, 0.15) is 56.2 Å². The van der Waals surface area contributed by atoms with Crippen molar-refractivity contribution in [2.24, 2.45) is 5.84 Å². The van der Waals surface area contributed by atoms with Gasteiger partial charge in [-0.3, -0.25) is 10.2 Å². The van der Waals surface area contributed by atoms with Crippen molar-refractivity contribution >= 4 is 35.5 Å². The van der Waals surface area contributed by atoms with E-state index in [1.165, 1.54) is 40.1 Å².